The van der Waals surface area contributed by atoms with Gasteiger partial charge >= 0.3 is 0 Å². The van der Waals surface area contributed by atoms with Crippen LogP contribution in [0.5, 0.6) is 11.5 Å². The molecule has 0 fully saturated rings. The summed E-state index contributed by atoms with van der Waals surface area (Å²) < 4.78 is 10.8. The van der Waals surface area contributed by atoms with E-state index < -0.39 is 0 Å². The van der Waals surface area contributed by atoms with Crippen molar-refractivity contribution in [2.45, 2.75) is 19.9 Å². The second-order valence-electron chi connectivity index (χ2n) is 3.21. The van der Waals surface area contributed by atoms with Crippen LogP contribution >= 0.6 is 0 Å². The maximum atomic E-state index is 5.56. The highest BCUT2D eigenvalue weighted by molar-refractivity contribution is 5.42. The third kappa shape index (κ3) is 3.48. The molecule has 0 spiro atoms. The van der Waals surface area contributed by atoms with Crippen molar-refractivity contribution in [2.24, 2.45) is 5.73 Å². The molecule has 3 nitrogen and oxygen atoms in total. The quantitative estimate of drug-likeness (QED) is 0.608. The highest BCUT2D eigenvalue weighted by atomic mass is 16.5. The standard InChI is InChI=1S/C13H17NO2/c1-3-4-5-8-16-12-7-6-11(10-14)9-13(12)15-2/h6-7,9H,5,8,10,14H2,1-2H3. The van der Waals surface area contributed by atoms with Crippen LogP contribution in [-0.2, 0) is 6.54 Å². The van der Waals surface area contributed by atoms with Gasteiger partial charge in [0, 0.05) is 13.0 Å². The summed E-state index contributed by atoms with van der Waals surface area (Å²) in [6.07, 6.45) is 0.721. The second kappa shape index (κ2) is 6.76. The van der Waals surface area contributed by atoms with Crippen LogP contribution in [0, 0.1) is 11.8 Å². The third-order valence-corrected chi connectivity index (χ3v) is 2.13. The Balaban J connectivity index is 2.66. The molecule has 0 saturated heterocycles. The predicted molar refractivity (Wildman–Crippen MR) is 64.4 cm³/mol. The molecular formula is C13H17NO2. The van der Waals surface area contributed by atoms with Crippen LogP contribution in [0.15, 0.2) is 18.2 Å². The van der Waals surface area contributed by atoms with Gasteiger partial charge in [-0.2, -0.15) is 0 Å². The van der Waals surface area contributed by atoms with Crippen molar-refractivity contribution in [1.82, 2.24) is 0 Å². The fourth-order valence-electron chi connectivity index (χ4n) is 1.30. The van der Waals surface area contributed by atoms with E-state index in [0.29, 0.717) is 18.9 Å². The molecule has 0 aliphatic rings. The maximum Gasteiger partial charge on any atom is 0.161 e. The summed E-state index contributed by atoms with van der Waals surface area (Å²) >= 11 is 0. The van der Waals surface area contributed by atoms with Crippen molar-refractivity contribution < 1.29 is 9.47 Å². The second-order valence-corrected chi connectivity index (χ2v) is 3.21. The van der Waals surface area contributed by atoms with Gasteiger partial charge in [0.2, 0.25) is 0 Å². The van der Waals surface area contributed by atoms with Crippen molar-refractivity contribution in [3.63, 3.8) is 0 Å². The molecule has 0 aliphatic carbocycles. The van der Waals surface area contributed by atoms with Gasteiger partial charge in [0.15, 0.2) is 11.5 Å². The Hall–Kier alpha value is -1.66. The lowest BCUT2D eigenvalue weighted by atomic mass is 10.2. The molecular weight excluding hydrogens is 202 g/mol. The largest absolute Gasteiger partial charge is 0.493 e. The van der Waals surface area contributed by atoms with Gasteiger partial charge in [-0.15, -0.1) is 11.8 Å². The Kier molecular flexibility index (Phi) is 5.24. The lowest BCUT2D eigenvalue weighted by molar-refractivity contribution is 0.301. The minimum absolute atomic E-state index is 0.498. The Labute approximate surface area is 96.6 Å². The topological polar surface area (TPSA) is 44.5 Å². The van der Waals surface area contributed by atoms with Gasteiger partial charge in [0.1, 0.15) is 0 Å². The molecule has 0 unspecified atom stereocenters. The molecule has 0 heterocycles. The van der Waals surface area contributed by atoms with Crippen LogP contribution in [0.25, 0.3) is 0 Å². The number of benzene rings is 1. The SMILES string of the molecule is CC#CCCOc1ccc(CN)cc1OC. The average molecular weight is 219 g/mol. The molecule has 0 atom stereocenters. The first kappa shape index (κ1) is 12.4. The van der Waals surface area contributed by atoms with Crippen molar-refractivity contribution >= 4 is 0 Å². The fraction of sp³-hybridized carbons (Fsp3) is 0.385. The van der Waals surface area contributed by atoms with Gasteiger partial charge in [0.05, 0.1) is 13.7 Å². The van der Waals surface area contributed by atoms with Crippen molar-refractivity contribution in [2.75, 3.05) is 13.7 Å². The first-order valence-electron chi connectivity index (χ1n) is 5.21. The van der Waals surface area contributed by atoms with Crippen molar-refractivity contribution in [3.05, 3.63) is 23.8 Å². The zero-order valence-corrected chi connectivity index (χ0v) is 9.75. The zero-order chi connectivity index (χ0) is 11.8. The highest BCUT2D eigenvalue weighted by Crippen LogP contribution is 2.27. The Morgan fingerprint density at radius 1 is 1.31 bits per heavy atom. The molecule has 86 valence electrons. The van der Waals surface area contributed by atoms with Crippen molar-refractivity contribution in [1.29, 1.82) is 0 Å². The summed E-state index contributed by atoms with van der Waals surface area (Å²) in [5, 5.41) is 0. The molecule has 0 radical (unpaired) electrons. The molecule has 3 heteroatoms. The molecule has 0 aliphatic heterocycles. The van der Waals surface area contributed by atoms with E-state index in [1.807, 2.05) is 25.1 Å². The van der Waals surface area contributed by atoms with Crippen LogP contribution in [0.4, 0.5) is 0 Å². The number of hydrogen-bond acceptors (Lipinski definition) is 3. The number of rotatable bonds is 5. The first-order chi connectivity index (χ1) is 7.81. The van der Waals surface area contributed by atoms with Gasteiger partial charge in [0.25, 0.3) is 0 Å². The van der Waals surface area contributed by atoms with Crippen LogP contribution in [-0.4, -0.2) is 13.7 Å². The van der Waals surface area contributed by atoms with Crippen LogP contribution < -0.4 is 15.2 Å². The minimum Gasteiger partial charge on any atom is -0.493 e. The van der Waals surface area contributed by atoms with E-state index in [9.17, 15) is 0 Å². The normalized spacial score (nSPS) is 9.19. The monoisotopic (exact) mass is 219 g/mol. The van der Waals surface area contributed by atoms with E-state index in [0.717, 1.165) is 17.7 Å². The summed E-state index contributed by atoms with van der Waals surface area (Å²) in [7, 11) is 1.62. The van der Waals surface area contributed by atoms with Crippen LogP contribution in [0.2, 0.25) is 0 Å². The summed E-state index contributed by atoms with van der Waals surface area (Å²) in [5.74, 6) is 7.21. The van der Waals surface area contributed by atoms with Crippen molar-refractivity contribution in [3.8, 4) is 23.3 Å². The maximum absolute atomic E-state index is 5.56. The molecule has 0 bridgehead atoms. The third-order valence-electron chi connectivity index (χ3n) is 2.13. The summed E-state index contributed by atoms with van der Waals surface area (Å²) in [6, 6.07) is 5.70. The lowest BCUT2D eigenvalue weighted by Crippen LogP contribution is -2.01. The van der Waals surface area contributed by atoms with E-state index in [4.69, 9.17) is 15.2 Å². The zero-order valence-electron chi connectivity index (χ0n) is 9.75. The molecule has 1 rings (SSSR count). The predicted octanol–water partition coefficient (Wildman–Crippen LogP) is 1.95. The Morgan fingerprint density at radius 2 is 2.12 bits per heavy atom. The van der Waals surface area contributed by atoms with E-state index in [1.165, 1.54) is 0 Å². The van der Waals surface area contributed by atoms with Crippen LogP contribution in [0.1, 0.15) is 18.9 Å². The lowest BCUT2D eigenvalue weighted by Gasteiger charge is -2.10. The molecule has 0 saturated carbocycles. The Morgan fingerprint density at radius 3 is 2.75 bits per heavy atom. The van der Waals surface area contributed by atoms with Gasteiger partial charge < -0.3 is 15.2 Å². The highest BCUT2D eigenvalue weighted by Gasteiger charge is 2.04. The molecule has 1 aromatic carbocycles. The number of hydrogen-bond donors (Lipinski definition) is 1. The van der Waals surface area contributed by atoms with E-state index in [2.05, 4.69) is 11.8 Å². The summed E-state index contributed by atoms with van der Waals surface area (Å²) in [5.41, 5.74) is 6.57. The van der Waals surface area contributed by atoms with E-state index >= 15 is 0 Å². The molecule has 0 aromatic heterocycles. The molecule has 1 aromatic rings. The smallest absolute Gasteiger partial charge is 0.161 e. The Bertz CT molecular complexity index is 391. The van der Waals surface area contributed by atoms with Gasteiger partial charge in [-0.05, 0) is 24.6 Å². The molecule has 0 amide bonds. The summed E-state index contributed by atoms with van der Waals surface area (Å²) in [4.78, 5) is 0. The van der Waals surface area contributed by atoms with Gasteiger partial charge in [-0.3, -0.25) is 0 Å². The van der Waals surface area contributed by atoms with Gasteiger partial charge in [-0.1, -0.05) is 6.07 Å². The van der Waals surface area contributed by atoms with E-state index in [1.54, 1.807) is 7.11 Å². The first-order valence-corrected chi connectivity index (χ1v) is 5.21. The van der Waals surface area contributed by atoms with Crippen LogP contribution in [0.3, 0.4) is 0 Å². The molecule has 16 heavy (non-hydrogen) atoms. The summed E-state index contributed by atoms with van der Waals surface area (Å²) in [6.45, 7) is 2.88. The molecule has 2 N–H and O–H groups in total. The fourth-order valence-corrected chi connectivity index (χ4v) is 1.30. The average Bonchev–Trinajstić information content (AvgIpc) is 2.34. The number of nitrogens with two attached hydrogens (primary N) is 1. The number of ether oxygens (including phenoxy) is 2. The number of methoxy groups -OCH3 is 1. The van der Waals surface area contributed by atoms with E-state index in [-0.39, 0.29) is 0 Å². The minimum atomic E-state index is 0.498. The van der Waals surface area contributed by atoms with Gasteiger partial charge in [-0.25, -0.2) is 0 Å².